The van der Waals surface area contributed by atoms with E-state index in [2.05, 4.69) is 76.3 Å². The van der Waals surface area contributed by atoms with Gasteiger partial charge in [0.15, 0.2) is 0 Å². The normalized spacial score (nSPS) is 17.5. The molecule has 1 aliphatic heterocycles. The molecular formula is C23H24BrNO. The van der Waals surface area contributed by atoms with Crippen molar-refractivity contribution in [1.29, 1.82) is 0 Å². The number of piperidine rings is 1. The molecule has 3 aromatic rings. The monoisotopic (exact) mass is 409 g/mol. The molecule has 134 valence electrons. The Kier molecular flexibility index (Phi) is 5.01. The summed E-state index contributed by atoms with van der Waals surface area (Å²) in [6.45, 7) is 4.46. The molecule has 0 aliphatic carbocycles. The molecule has 1 heterocycles. The third kappa shape index (κ3) is 3.38. The molecule has 0 aromatic heterocycles. The maximum atomic E-state index is 10.9. The summed E-state index contributed by atoms with van der Waals surface area (Å²) in [5, 5.41) is 13.1. The Morgan fingerprint density at radius 2 is 1.73 bits per heavy atom. The van der Waals surface area contributed by atoms with Crippen LogP contribution in [0, 0.1) is 5.92 Å². The van der Waals surface area contributed by atoms with Gasteiger partial charge in [-0.2, -0.15) is 0 Å². The second kappa shape index (κ2) is 7.42. The van der Waals surface area contributed by atoms with E-state index in [1.54, 1.807) is 0 Å². The molecule has 0 bridgehead atoms. The van der Waals surface area contributed by atoms with Crippen molar-refractivity contribution in [2.45, 2.75) is 25.8 Å². The maximum absolute atomic E-state index is 10.9. The Hall–Kier alpha value is -1.84. The summed E-state index contributed by atoms with van der Waals surface area (Å²) < 4.78 is 1.06. The van der Waals surface area contributed by atoms with Gasteiger partial charge in [-0.15, -0.1) is 0 Å². The van der Waals surface area contributed by atoms with Crippen LogP contribution in [-0.2, 0) is 0 Å². The molecule has 0 amide bonds. The molecule has 1 fully saturated rings. The molecule has 0 spiro atoms. The number of hydrogen-bond acceptors (Lipinski definition) is 2. The minimum atomic E-state index is 0.0774. The number of hydrogen-bond donors (Lipinski definition) is 1. The van der Waals surface area contributed by atoms with Crippen molar-refractivity contribution in [3.8, 4) is 5.75 Å². The highest BCUT2D eigenvalue weighted by Crippen LogP contribution is 2.41. The van der Waals surface area contributed by atoms with Crippen molar-refractivity contribution in [2.75, 3.05) is 13.1 Å². The first-order chi connectivity index (χ1) is 12.6. The first-order valence-corrected chi connectivity index (χ1v) is 10.1. The van der Waals surface area contributed by atoms with Crippen LogP contribution in [0.4, 0.5) is 0 Å². The summed E-state index contributed by atoms with van der Waals surface area (Å²) >= 11 is 3.57. The quantitative estimate of drug-likeness (QED) is 0.562. The average Bonchev–Trinajstić information content (AvgIpc) is 2.66. The van der Waals surface area contributed by atoms with E-state index in [4.69, 9.17) is 0 Å². The lowest BCUT2D eigenvalue weighted by atomic mass is 9.89. The fourth-order valence-electron chi connectivity index (χ4n) is 4.08. The minimum absolute atomic E-state index is 0.0774. The third-order valence-electron chi connectivity index (χ3n) is 5.57. The summed E-state index contributed by atoms with van der Waals surface area (Å²) in [6.07, 6.45) is 2.42. The second-order valence-electron chi connectivity index (χ2n) is 7.40. The first-order valence-electron chi connectivity index (χ1n) is 9.33. The molecule has 0 saturated carbocycles. The number of fused-ring (bicyclic) bond motifs is 1. The molecule has 0 radical (unpaired) electrons. The molecule has 3 heteroatoms. The fourth-order valence-corrected chi connectivity index (χ4v) is 4.46. The largest absolute Gasteiger partial charge is 0.508 e. The van der Waals surface area contributed by atoms with E-state index in [-0.39, 0.29) is 6.04 Å². The highest BCUT2D eigenvalue weighted by atomic mass is 79.9. The van der Waals surface area contributed by atoms with Gasteiger partial charge >= 0.3 is 0 Å². The van der Waals surface area contributed by atoms with Crippen molar-refractivity contribution < 1.29 is 5.11 Å². The van der Waals surface area contributed by atoms with Gasteiger partial charge in [-0.25, -0.2) is 0 Å². The van der Waals surface area contributed by atoms with E-state index < -0.39 is 0 Å². The number of benzene rings is 3. The van der Waals surface area contributed by atoms with Gasteiger partial charge < -0.3 is 5.11 Å². The lowest BCUT2D eigenvalue weighted by Gasteiger charge is -2.38. The third-order valence-corrected chi connectivity index (χ3v) is 6.07. The molecular weight excluding hydrogens is 386 g/mol. The highest BCUT2D eigenvalue weighted by Gasteiger charge is 2.29. The highest BCUT2D eigenvalue weighted by molar-refractivity contribution is 9.10. The molecule has 2 nitrogen and oxygen atoms in total. The first kappa shape index (κ1) is 17.6. The predicted octanol–water partition coefficient (Wildman–Crippen LogP) is 6.13. The average molecular weight is 410 g/mol. The summed E-state index contributed by atoms with van der Waals surface area (Å²) in [5.41, 5.74) is 2.27. The van der Waals surface area contributed by atoms with Gasteiger partial charge in [0.25, 0.3) is 0 Å². The maximum Gasteiger partial charge on any atom is 0.121 e. The number of rotatable bonds is 3. The standard InChI is InChI=1S/C23H24BrNO/c1-16-11-13-25(14-12-16)23(17-5-3-2-4-6-17)22-20-9-8-19(24)15-18(20)7-10-21(22)26/h2-10,15-16,23,26H,11-14H2,1H3. The van der Waals surface area contributed by atoms with Crippen LogP contribution in [0.2, 0.25) is 0 Å². The Balaban J connectivity index is 1.89. The Morgan fingerprint density at radius 1 is 1.00 bits per heavy atom. The van der Waals surface area contributed by atoms with E-state index in [1.807, 2.05) is 12.1 Å². The molecule has 1 aliphatic rings. The smallest absolute Gasteiger partial charge is 0.121 e. The van der Waals surface area contributed by atoms with Crippen molar-refractivity contribution in [1.82, 2.24) is 4.90 Å². The molecule has 1 N–H and O–H groups in total. The lowest BCUT2D eigenvalue weighted by Crippen LogP contribution is -2.36. The fraction of sp³-hybridized carbons (Fsp3) is 0.304. The number of aromatic hydroxyl groups is 1. The van der Waals surface area contributed by atoms with Crippen LogP contribution in [0.25, 0.3) is 10.8 Å². The summed E-state index contributed by atoms with van der Waals surface area (Å²) in [4.78, 5) is 2.53. The molecule has 3 aromatic carbocycles. The number of nitrogens with zero attached hydrogens (tertiary/aromatic N) is 1. The van der Waals surface area contributed by atoms with Crippen molar-refractivity contribution in [3.63, 3.8) is 0 Å². The minimum Gasteiger partial charge on any atom is -0.508 e. The van der Waals surface area contributed by atoms with Gasteiger partial charge in [0, 0.05) is 10.0 Å². The van der Waals surface area contributed by atoms with Gasteiger partial charge in [0.05, 0.1) is 6.04 Å². The van der Waals surface area contributed by atoms with Crippen molar-refractivity contribution in [2.24, 2.45) is 5.92 Å². The Bertz CT molecular complexity index is 901. The number of halogens is 1. The SMILES string of the molecule is CC1CCN(C(c2ccccc2)c2c(O)ccc3cc(Br)ccc23)CC1. The van der Waals surface area contributed by atoms with E-state index in [0.717, 1.165) is 39.8 Å². The van der Waals surface area contributed by atoms with E-state index >= 15 is 0 Å². The zero-order valence-corrected chi connectivity index (χ0v) is 16.6. The molecule has 1 atom stereocenters. The predicted molar refractivity (Wildman–Crippen MR) is 112 cm³/mol. The van der Waals surface area contributed by atoms with Gasteiger partial charge in [0.2, 0.25) is 0 Å². The van der Waals surface area contributed by atoms with Crippen molar-refractivity contribution in [3.05, 3.63) is 76.3 Å². The zero-order chi connectivity index (χ0) is 18.1. The number of phenols is 1. The van der Waals surface area contributed by atoms with E-state index in [0.29, 0.717) is 5.75 Å². The molecule has 1 saturated heterocycles. The Morgan fingerprint density at radius 3 is 2.46 bits per heavy atom. The van der Waals surface area contributed by atoms with E-state index in [9.17, 15) is 5.11 Å². The number of phenolic OH excluding ortho intramolecular Hbond substituents is 1. The zero-order valence-electron chi connectivity index (χ0n) is 15.0. The van der Waals surface area contributed by atoms with E-state index in [1.165, 1.54) is 18.4 Å². The second-order valence-corrected chi connectivity index (χ2v) is 8.31. The molecule has 1 unspecified atom stereocenters. The van der Waals surface area contributed by atoms with Crippen LogP contribution in [0.1, 0.15) is 36.9 Å². The molecule has 4 rings (SSSR count). The van der Waals surface area contributed by atoms with Gasteiger partial charge in [-0.3, -0.25) is 4.90 Å². The number of likely N-dealkylation sites (tertiary alicyclic amines) is 1. The van der Waals surface area contributed by atoms with Crippen LogP contribution in [0.15, 0.2) is 65.1 Å². The van der Waals surface area contributed by atoms with Crippen molar-refractivity contribution >= 4 is 26.7 Å². The summed E-state index contributed by atoms with van der Waals surface area (Å²) in [5.74, 6) is 1.16. The Labute approximate surface area is 163 Å². The lowest BCUT2D eigenvalue weighted by molar-refractivity contribution is 0.156. The van der Waals surface area contributed by atoms with Crippen LogP contribution in [0.3, 0.4) is 0 Å². The van der Waals surface area contributed by atoms with Gasteiger partial charge in [-0.1, -0.05) is 65.3 Å². The van der Waals surface area contributed by atoms with Gasteiger partial charge in [-0.05, 0) is 66.4 Å². The van der Waals surface area contributed by atoms with Gasteiger partial charge in [0.1, 0.15) is 5.75 Å². The molecule has 26 heavy (non-hydrogen) atoms. The summed E-state index contributed by atoms with van der Waals surface area (Å²) in [6, 6.07) is 20.8. The van der Waals surface area contributed by atoms with Crippen LogP contribution in [-0.4, -0.2) is 23.1 Å². The summed E-state index contributed by atoms with van der Waals surface area (Å²) in [7, 11) is 0. The van der Waals surface area contributed by atoms with Crippen LogP contribution >= 0.6 is 15.9 Å². The topological polar surface area (TPSA) is 23.5 Å². The van der Waals surface area contributed by atoms with Crippen LogP contribution < -0.4 is 0 Å². The van der Waals surface area contributed by atoms with Crippen LogP contribution in [0.5, 0.6) is 5.75 Å².